The lowest BCUT2D eigenvalue weighted by Crippen LogP contribution is -2.33. The number of carbonyl (C=O) groups is 3. The Morgan fingerprint density at radius 3 is 2.70 bits per heavy atom. The van der Waals surface area contributed by atoms with Gasteiger partial charge in [0.15, 0.2) is 0 Å². The van der Waals surface area contributed by atoms with E-state index in [-0.39, 0.29) is 29.6 Å². The predicted octanol–water partition coefficient (Wildman–Crippen LogP) is 1.28. The van der Waals surface area contributed by atoms with Crippen LogP contribution in [0.25, 0.3) is 0 Å². The van der Waals surface area contributed by atoms with Crippen molar-refractivity contribution in [3.63, 3.8) is 0 Å². The minimum absolute atomic E-state index is 0.0787. The third-order valence-corrected chi connectivity index (χ3v) is 4.39. The second kappa shape index (κ2) is 7.99. The molecule has 1 aliphatic carbocycles. The van der Waals surface area contributed by atoms with E-state index in [1.54, 1.807) is 7.05 Å². The number of nitrogens with zero attached hydrogens (tertiary/aromatic N) is 1. The topological polar surface area (TPSA) is 99.3 Å². The quantitative estimate of drug-likeness (QED) is 0.720. The van der Waals surface area contributed by atoms with E-state index in [9.17, 15) is 19.2 Å². The van der Waals surface area contributed by atoms with Gasteiger partial charge in [0.1, 0.15) is 11.8 Å². The van der Waals surface area contributed by atoms with Gasteiger partial charge in [-0.15, -0.1) is 0 Å². The van der Waals surface area contributed by atoms with Crippen molar-refractivity contribution >= 4 is 18.1 Å². The van der Waals surface area contributed by atoms with Gasteiger partial charge in [-0.25, -0.2) is 0 Å². The van der Waals surface area contributed by atoms with Gasteiger partial charge in [-0.3, -0.25) is 14.4 Å². The summed E-state index contributed by atoms with van der Waals surface area (Å²) in [4.78, 5) is 51.5. The molecule has 0 atom stereocenters. The molecular weight excluding hydrogens is 346 g/mol. The van der Waals surface area contributed by atoms with Crippen LogP contribution in [0.4, 0.5) is 0 Å². The fourth-order valence-corrected chi connectivity index (χ4v) is 2.77. The number of aromatic amines is 1. The number of amides is 2. The molecule has 0 spiro atoms. The van der Waals surface area contributed by atoms with Crippen LogP contribution < -0.4 is 10.9 Å². The summed E-state index contributed by atoms with van der Waals surface area (Å²) >= 11 is 0. The van der Waals surface area contributed by atoms with E-state index < -0.39 is 11.5 Å². The number of nitrogens with one attached hydrogen (secondary N) is 2. The van der Waals surface area contributed by atoms with Crippen molar-refractivity contribution < 1.29 is 14.4 Å². The van der Waals surface area contributed by atoms with Crippen molar-refractivity contribution in [3.8, 4) is 0 Å². The Hall–Kier alpha value is -3.22. The molecule has 27 heavy (non-hydrogen) atoms. The Morgan fingerprint density at radius 1 is 1.26 bits per heavy atom. The minimum Gasteiger partial charge on any atom is -0.349 e. The molecule has 0 bridgehead atoms. The van der Waals surface area contributed by atoms with Crippen molar-refractivity contribution in [2.24, 2.45) is 0 Å². The molecule has 1 heterocycles. The Balaban J connectivity index is 1.75. The Labute approximate surface area is 156 Å². The van der Waals surface area contributed by atoms with Gasteiger partial charge < -0.3 is 20.0 Å². The lowest BCUT2D eigenvalue weighted by atomic mass is 10.1. The third-order valence-electron chi connectivity index (χ3n) is 4.39. The maximum absolute atomic E-state index is 12.7. The zero-order valence-electron chi connectivity index (χ0n) is 15.0. The molecule has 2 aromatic rings. The van der Waals surface area contributed by atoms with Gasteiger partial charge in [-0.05, 0) is 30.0 Å². The summed E-state index contributed by atoms with van der Waals surface area (Å²) in [7, 11) is 1.59. The first-order valence-electron chi connectivity index (χ1n) is 8.78. The molecule has 0 radical (unpaired) electrons. The normalized spacial score (nSPS) is 13.1. The van der Waals surface area contributed by atoms with Gasteiger partial charge in [-0.1, -0.05) is 24.3 Å². The Kier molecular flexibility index (Phi) is 5.49. The van der Waals surface area contributed by atoms with Crippen LogP contribution in [-0.4, -0.2) is 41.1 Å². The average Bonchev–Trinajstić information content (AvgIpc) is 3.46. The maximum atomic E-state index is 12.7. The fourth-order valence-electron chi connectivity index (χ4n) is 2.77. The predicted molar refractivity (Wildman–Crippen MR) is 99.6 cm³/mol. The highest BCUT2D eigenvalue weighted by molar-refractivity contribution is 5.99. The second-order valence-electron chi connectivity index (χ2n) is 6.73. The number of aldehydes is 1. The van der Waals surface area contributed by atoms with E-state index in [1.807, 2.05) is 24.3 Å². The zero-order valence-corrected chi connectivity index (χ0v) is 15.0. The summed E-state index contributed by atoms with van der Waals surface area (Å²) in [6.45, 7) is 0.281. The number of carbonyl (C=O) groups excluding carboxylic acids is 3. The summed E-state index contributed by atoms with van der Waals surface area (Å²) in [5.41, 5.74) is 1.35. The SMILES string of the molecule is CN(Cc1cccc(CC=O)c1)C(=O)c1cc(C(=O)NC2CC2)c[nH]c1=O. The van der Waals surface area contributed by atoms with E-state index in [1.165, 1.54) is 17.2 Å². The smallest absolute Gasteiger partial charge is 0.260 e. The molecule has 2 N–H and O–H groups in total. The number of rotatable bonds is 7. The van der Waals surface area contributed by atoms with Gasteiger partial charge in [0.05, 0.1) is 5.56 Å². The number of benzene rings is 1. The molecule has 1 fully saturated rings. The van der Waals surface area contributed by atoms with Crippen LogP contribution >= 0.6 is 0 Å². The molecule has 0 saturated heterocycles. The average molecular weight is 367 g/mol. The summed E-state index contributed by atoms with van der Waals surface area (Å²) < 4.78 is 0. The molecule has 7 nitrogen and oxygen atoms in total. The van der Waals surface area contributed by atoms with E-state index in [4.69, 9.17) is 0 Å². The molecule has 1 saturated carbocycles. The Morgan fingerprint density at radius 2 is 2.00 bits per heavy atom. The van der Waals surface area contributed by atoms with Crippen LogP contribution in [0.3, 0.4) is 0 Å². The summed E-state index contributed by atoms with van der Waals surface area (Å²) in [5, 5.41) is 2.83. The highest BCUT2D eigenvalue weighted by Crippen LogP contribution is 2.19. The molecule has 7 heteroatoms. The van der Waals surface area contributed by atoms with Crippen molar-refractivity contribution in [3.05, 3.63) is 69.1 Å². The molecule has 1 aromatic carbocycles. The largest absolute Gasteiger partial charge is 0.349 e. The number of aromatic nitrogens is 1. The van der Waals surface area contributed by atoms with Gasteiger partial charge in [-0.2, -0.15) is 0 Å². The molecule has 3 rings (SSSR count). The first-order valence-corrected chi connectivity index (χ1v) is 8.78. The van der Waals surface area contributed by atoms with Crippen LogP contribution in [0.15, 0.2) is 41.3 Å². The van der Waals surface area contributed by atoms with Crippen molar-refractivity contribution in [1.82, 2.24) is 15.2 Å². The van der Waals surface area contributed by atoms with Gasteiger partial charge in [0.25, 0.3) is 17.4 Å². The lowest BCUT2D eigenvalue weighted by Gasteiger charge is -2.17. The molecule has 0 unspecified atom stereocenters. The summed E-state index contributed by atoms with van der Waals surface area (Å²) in [6.07, 6.45) is 4.36. The van der Waals surface area contributed by atoms with Crippen molar-refractivity contribution in [1.29, 1.82) is 0 Å². The third kappa shape index (κ3) is 4.69. The Bertz CT molecular complexity index is 931. The maximum Gasteiger partial charge on any atom is 0.260 e. The number of hydrogen-bond donors (Lipinski definition) is 2. The van der Waals surface area contributed by atoms with E-state index in [0.29, 0.717) is 6.42 Å². The van der Waals surface area contributed by atoms with Crippen LogP contribution in [0.5, 0.6) is 0 Å². The van der Waals surface area contributed by atoms with Crippen LogP contribution in [0.2, 0.25) is 0 Å². The van der Waals surface area contributed by atoms with E-state index in [2.05, 4.69) is 10.3 Å². The molecule has 140 valence electrons. The van der Waals surface area contributed by atoms with Gasteiger partial charge in [0, 0.05) is 32.3 Å². The standard InChI is InChI=1S/C20H21N3O4/c1-23(12-14-4-2-3-13(9-14)7-8-24)20(27)17-10-15(11-21-19(17)26)18(25)22-16-5-6-16/h2-4,8-11,16H,5-7,12H2,1H3,(H,21,26)(H,22,25). The molecular formula is C20H21N3O4. The molecule has 1 aliphatic rings. The van der Waals surface area contributed by atoms with Gasteiger partial charge in [0.2, 0.25) is 0 Å². The van der Waals surface area contributed by atoms with Crippen molar-refractivity contribution in [2.75, 3.05) is 7.05 Å². The van der Waals surface area contributed by atoms with Gasteiger partial charge >= 0.3 is 0 Å². The lowest BCUT2D eigenvalue weighted by molar-refractivity contribution is -0.107. The summed E-state index contributed by atoms with van der Waals surface area (Å²) in [5.74, 6) is -0.773. The van der Waals surface area contributed by atoms with Crippen molar-refractivity contribution in [2.45, 2.75) is 31.8 Å². The van der Waals surface area contributed by atoms with Crippen LogP contribution in [0.1, 0.15) is 44.7 Å². The number of hydrogen-bond acceptors (Lipinski definition) is 4. The second-order valence-corrected chi connectivity index (χ2v) is 6.73. The number of H-pyrrole nitrogens is 1. The highest BCUT2D eigenvalue weighted by Gasteiger charge is 2.25. The van der Waals surface area contributed by atoms with Crippen LogP contribution in [0, 0.1) is 0 Å². The number of pyridine rings is 1. The monoisotopic (exact) mass is 367 g/mol. The highest BCUT2D eigenvalue weighted by atomic mass is 16.2. The first-order chi connectivity index (χ1) is 13.0. The van der Waals surface area contributed by atoms with E-state index >= 15 is 0 Å². The summed E-state index contributed by atoms with van der Waals surface area (Å²) in [6, 6.07) is 8.88. The first kappa shape index (κ1) is 18.6. The van der Waals surface area contributed by atoms with Crippen LogP contribution in [-0.2, 0) is 17.8 Å². The fraction of sp³-hybridized carbons (Fsp3) is 0.300. The molecule has 0 aliphatic heterocycles. The molecule has 1 aromatic heterocycles. The van der Waals surface area contributed by atoms with E-state index in [0.717, 1.165) is 30.3 Å². The molecule has 2 amide bonds. The zero-order chi connectivity index (χ0) is 19.4. The minimum atomic E-state index is -0.537.